The number of hydrogen-bond donors (Lipinski definition) is 2. The molecule has 2 amide bonds. The van der Waals surface area contributed by atoms with E-state index in [0.29, 0.717) is 35.4 Å². The summed E-state index contributed by atoms with van der Waals surface area (Å²) in [5.74, 6) is -0.893. The third-order valence-electron chi connectivity index (χ3n) is 4.55. The van der Waals surface area contributed by atoms with Crippen LogP contribution in [-0.4, -0.2) is 32.9 Å². The Kier molecular flexibility index (Phi) is 6.61. The van der Waals surface area contributed by atoms with Gasteiger partial charge in [-0.1, -0.05) is 17.4 Å². The summed E-state index contributed by atoms with van der Waals surface area (Å²) in [6, 6.07) is 4.44. The monoisotopic (exact) mass is 429 g/mol. The zero-order chi connectivity index (χ0) is 21.8. The van der Waals surface area contributed by atoms with Gasteiger partial charge in [0.2, 0.25) is 0 Å². The van der Waals surface area contributed by atoms with E-state index in [9.17, 15) is 14.0 Å². The molecule has 3 rings (SSSR count). The van der Waals surface area contributed by atoms with Crippen molar-refractivity contribution in [1.29, 1.82) is 0 Å². The van der Waals surface area contributed by atoms with Gasteiger partial charge in [0.25, 0.3) is 0 Å². The quantitative estimate of drug-likeness (QED) is 0.537. The number of anilines is 1. The average molecular weight is 430 g/mol. The number of thiazole rings is 1. The predicted octanol–water partition coefficient (Wildman–Crippen LogP) is 4.60. The van der Waals surface area contributed by atoms with Crippen LogP contribution in [0.25, 0.3) is 10.4 Å². The van der Waals surface area contributed by atoms with E-state index in [4.69, 9.17) is 0 Å². The summed E-state index contributed by atoms with van der Waals surface area (Å²) in [6.45, 7) is 7.71. The van der Waals surface area contributed by atoms with Crippen molar-refractivity contribution in [1.82, 2.24) is 19.9 Å². The van der Waals surface area contributed by atoms with Crippen LogP contribution in [0.5, 0.6) is 0 Å². The van der Waals surface area contributed by atoms with Gasteiger partial charge in [-0.25, -0.2) is 19.2 Å². The van der Waals surface area contributed by atoms with Gasteiger partial charge in [0, 0.05) is 25.2 Å². The van der Waals surface area contributed by atoms with E-state index in [0.717, 1.165) is 10.6 Å². The van der Waals surface area contributed by atoms with Gasteiger partial charge in [0.1, 0.15) is 5.82 Å². The van der Waals surface area contributed by atoms with Crippen molar-refractivity contribution >= 4 is 28.3 Å². The highest BCUT2D eigenvalue weighted by Gasteiger charge is 2.15. The lowest BCUT2D eigenvalue weighted by atomic mass is 10.1. The molecule has 9 heteroatoms. The molecule has 0 radical (unpaired) electrons. The summed E-state index contributed by atoms with van der Waals surface area (Å²) >= 11 is 1.25. The second kappa shape index (κ2) is 9.17. The molecule has 0 unspecified atom stereocenters. The van der Waals surface area contributed by atoms with Gasteiger partial charge in [0.15, 0.2) is 10.9 Å². The lowest BCUT2D eigenvalue weighted by Gasteiger charge is -2.05. The standard InChI is InChI=1S/C21H24FN5O2S/c1-12(2)27-10-16(24-11-27)7-8-23-20(29)26-21-25-13(3)19(30-21)15-5-6-17(14(4)28)18(22)9-15/h5-6,9-12H,7-8H2,1-4H3,(H2,23,25,26,29). The zero-order valence-electron chi connectivity index (χ0n) is 17.3. The minimum absolute atomic E-state index is 0.0527. The molecular weight excluding hydrogens is 405 g/mol. The van der Waals surface area contributed by atoms with Crippen LogP contribution in [0.3, 0.4) is 0 Å². The van der Waals surface area contributed by atoms with Crippen molar-refractivity contribution in [2.45, 2.75) is 40.2 Å². The number of rotatable bonds is 7. The molecule has 7 nitrogen and oxygen atoms in total. The maximum absolute atomic E-state index is 14.1. The van der Waals surface area contributed by atoms with E-state index in [1.807, 2.05) is 10.8 Å². The van der Waals surface area contributed by atoms with E-state index < -0.39 is 5.82 Å². The molecule has 0 spiro atoms. The fourth-order valence-electron chi connectivity index (χ4n) is 2.90. The molecule has 2 heterocycles. The number of ketones is 1. The Hall–Kier alpha value is -3.07. The van der Waals surface area contributed by atoms with E-state index >= 15 is 0 Å². The number of nitrogens with zero attached hydrogens (tertiary/aromatic N) is 3. The molecule has 0 saturated heterocycles. The molecule has 2 aromatic heterocycles. The number of nitrogens with one attached hydrogen (secondary N) is 2. The molecule has 0 atom stereocenters. The Morgan fingerprint density at radius 3 is 2.70 bits per heavy atom. The van der Waals surface area contributed by atoms with Crippen molar-refractivity contribution in [2.24, 2.45) is 0 Å². The fourth-order valence-corrected chi connectivity index (χ4v) is 3.85. The van der Waals surface area contributed by atoms with Crippen LogP contribution in [0, 0.1) is 12.7 Å². The maximum atomic E-state index is 14.1. The van der Waals surface area contributed by atoms with Crippen molar-refractivity contribution in [3.8, 4) is 10.4 Å². The third-order valence-corrected chi connectivity index (χ3v) is 5.67. The van der Waals surface area contributed by atoms with E-state index in [-0.39, 0.29) is 17.4 Å². The normalized spacial score (nSPS) is 11.0. The van der Waals surface area contributed by atoms with E-state index in [2.05, 4.69) is 34.4 Å². The summed E-state index contributed by atoms with van der Waals surface area (Å²) < 4.78 is 16.2. The SMILES string of the molecule is CC(=O)c1ccc(-c2sc(NC(=O)NCCc3cn(C(C)C)cn3)nc2C)cc1F. The molecule has 3 aromatic rings. The molecule has 0 fully saturated rings. The second-order valence-electron chi connectivity index (χ2n) is 7.22. The van der Waals surface area contributed by atoms with E-state index in [1.165, 1.54) is 30.4 Å². The van der Waals surface area contributed by atoms with Gasteiger partial charge in [-0.15, -0.1) is 0 Å². The van der Waals surface area contributed by atoms with E-state index in [1.54, 1.807) is 19.3 Å². The molecule has 2 N–H and O–H groups in total. The average Bonchev–Trinajstić information content (AvgIpc) is 3.28. The Morgan fingerprint density at radius 1 is 1.30 bits per heavy atom. The number of hydrogen-bond acceptors (Lipinski definition) is 5. The number of aryl methyl sites for hydroxylation is 1. The van der Waals surface area contributed by atoms with Crippen molar-refractivity contribution in [3.05, 3.63) is 53.5 Å². The van der Waals surface area contributed by atoms with Crippen LogP contribution in [0.4, 0.5) is 14.3 Å². The van der Waals surface area contributed by atoms with Gasteiger partial charge in [-0.05, 0) is 45.4 Å². The number of halogens is 1. The minimum atomic E-state index is -0.569. The number of carbonyl (C=O) groups is 2. The number of imidazole rings is 1. The highest BCUT2D eigenvalue weighted by atomic mass is 32.1. The van der Waals surface area contributed by atoms with Crippen LogP contribution in [0.1, 0.15) is 48.6 Å². The summed E-state index contributed by atoms with van der Waals surface area (Å²) in [7, 11) is 0. The molecule has 0 saturated carbocycles. The summed E-state index contributed by atoms with van der Waals surface area (Å²) in [4.78, 5) is 33.0. The number of urea groups is 1. The van der Waals surface area contributed by atoms with Crippen LogP contribution in [0.2, 0.25) is 0 Å². The molecule has 158 valence electrons. The van der Waals surface area contributed by atoms with Crippen molar-refractivity contribution < 1.29 is 14.0 Å². The summed E-state index contributed by atoms with van der Waals surface area (Å²) in [6.07, 6.45) is 4.38. The summed E-state index contributed by atoms with van der Waals surface area (Å²) in [5, 5.41) is 5.91. The lowest BCUT2D eigenvalue weighted by Crippen LogP contribution is -2.30. The molecule has 30 heavy (non-hydrogen) atoms. The van der Waals surface area contributed by atoms with Gasteiger partial charge in [0.05, 0.1) is 28.2 Å². The second-order valence-corrected chi connectivity index (χ2v) is 8.22. The molecule has 0 bridgehead atoms. The highest BCUT2D eigenvalue weighted by molar-refractivity contribution is 7.19. The first kappa shape index (κ1) is 21.6. The Morgan fingerprint density at radius 2 is 2.07 bits per heavy atom. The molecule has 1 aromatic carbocycles. The summed E-state index contributed by atoms with van der Waals surface area (Å²) in [5.41, 5.74) is 2.25. The highest BCUT2D eigenvalue weighted by Crippen LogP contribution is 2.33. The predicted molar refractivity (Wildman–Crippen MR) is 116 cm³/mol. The molecule has 0 aliphatic carbocycles. The Bertz CT molecular complexity index is 1070. The molecular formula is C21H24FN5O2S. The van der Waals surface area contributed by atoms with Gasteiger partial charge >= 0.3 is 6.03 Å². The van der Waals surface area contributed by atoms with Gasteiger partial charge in [-0.3, -0.25) is 10.1 Å². The number of benzene rings is 1. The maximum Gasteiger partial charge on any atom is 0.321 e. The van der Waals surface area contributed by atoms with Crippen molar-refractivity contribution in [2.75, 3.05) is 11.9 Å². The lowest BCUT2D eigenvalue weighted by molar-refractivity contribution is 0.101. The number of amides is 2. The Balaban J connectivity index is 1.59. The zero-order valence-corrected chi connectivity index (χ0v) is 18.1. The Labute approximate surface area is 178 Å². The molecule has 0 aliphatic rings. The largest absolute Gasteiger partial charge is 0.337 e. The topological polar surface area (TPSA) is 88.9 Å². The smallest absolute Gasteiger partial charge is 0.321 e. The van der Waals surface area contributed by atoms with Crippen LogP contribution in [-0.2, 0) is 6.42 Å². The molecule has 0 aliphatic heterocycles. The van der Waals surface area contributed by atoms with Crippen LogP contribution in [0.15, 0.2) is 30.7 Å². The number of carbonyl (C=O) groups excluding carboxylic acids is 2. The van der Waals surface area contributed by atoms with Gasteiger partial charge in [-0.2, -0.15) is 0 Å². The van der Waals surface area contributed by atoms with Crippen LogP contribution < -0.4 is 10.6 Å². The number of Topliss-reactive ketones (excluding diaryl/α,β-unsaturated/α-hetero) is 1. The van der Waals surface area contributed by atoms with Crippen molar-refractivity contribution in [3.63, 3.8) is 0 Å². The first-order chi connectivity index (χ1) is 14.2. The fraction of sp³-hybridized carbons (Fsp3) is 0.333. The minimum Gasteiger partial charge on any atom is -0.337 e. The first-order valence-corrected chi connectivity index (χ1v) is 10.4. The number of aromatic nitrogens is 3. The first-order valence-electron chi connectivity index (χ1n) is 9.60. The van der Waals surface area contributed by atoms with Crippen LogP contribution >= 0.6 is 11.3 Å². The van der Waals surface area contributed by atoms with Gasteiger partial charge < -0.3 is 9.88 Å². The third kappa shape index (κ3) is 5.10.